The van der Waals surface area contributed by atoms with Gasteiger partial charge in [-0.15, -0.1) is 0 Å². The molecule has 0 aromatic rings. The lowest BCUT2D eigenvalue weighted by molar-refractivity contribution is 0.204. The second kappa shape index (κ2) is 17.4. The van der Waals surface area contributed by atoms with Crippen molar-refractivity contribution in [1.29, 1.82) is 0 Å². The van der Waals surface area contributed by atoms with Gasteiger partial charge in [0.25, 0.3) is 0 Å². The molecule has 0 aromatic carbocycles. The molecule has 0 radical (unpaired) electrons. The van der Waals surface area contributed by atoms with Crippen LogP contribution in [0.5, 0.6) is 0 Å². The largest absolute Gasteiger partial charge is 0.466 e. The number of aliphatic hydroxyl groups excluding tert-OH is 1. The molecule has 0 saturated carbocycles. The molecule has 0 saturated heterocycles. The Morgan fingerprint density at radius 3 is 1.45 bits per heavy atom. The highest BCUT2D eigenvalue weighted by molar-refractivity contribution is 7.45. The number of hydrogen-bond acceptors (Lipinski definition) is 2. The Hall–Kier alpha value is 0.0700. The van der Waals surface area contributed by atoms with Crippen LogP contribution < -0.4 is 0 Å². The maximum absolute atomic E-state index is 9.30. The molecule has 0 fully saturated rings. The van der Waals surface area contributed by atoms with Gasteiger partial charge in [0.05, 0.1) is 0 Å². The highest BCUT2D eigenvalue weighted by Gasteiger charge is 2.06. The van der Waals surface area contributed by atoms with E-state index >= 15 is 0 Å². The molecule has 0 rings (SSSR count). The number of phosphoric acid groups is 1. The summed E-state index contributed by atoms with van der Waals surface area (Å²) in [7, 11) is -4.64. The van der Waals surface area contributed by atoms with Crippen LogP contribution >= 0.6 is 7.82 Å². The number of aliphatic hydroxyl groups is 1. The van der Waals surface area contributed by atoms with E-state index in [1.807, 2.05) is 0 Å². The number of rotatable bonds is 13. The smallest absolute Gasteiger partial charge is 0.396 e. The third kappa shape index (κ3) is 28.3. The third-order valence-electron chi connectivity index (χ3n) is 3.69. The van der Waals surface area contributed by atoms with Crippen molar-refractivity contribution in [2.75, 3.05) is 6.61 Å². The van der Waals surface area contributed by atoms with Crippen LogP contribution in [0.15, 0.2) is 0 Å². The Morgan fingerprint density at radius 2 is 1.05 bits per heavy atom. The Morgan fingerprint density at radius 1 is 0.727 bits per heavy atom. The quantitative estimate of drug-likeness (QED) is 0.294. The van der Waals surface area contributed by atoms with Crippen LogP contribution in [0.1, 0.15) is 90.9 Å². The van der Waals surface area contributed by atoms with Gasteiger partial charge >= 0.3 is 7.82 Å². The Labute approximate surface area is 136 Å². The lowest BCUT2D eigenvalue weighted by atomic mass is 9.95. The molecule has 1 atom stereocenters. The minimum absolute atomic E-state index is 0.402. The first-order chi connectivity index (χ1) is 10.3. The average molecular weight is 340 g/mol. The van der Waals surface area contributed by atoms with E-state index in [1.165, 1.54) is 77.0 Å². The van der Waals surface area contributed by atoms with Crippen molar-refractivity contribution in [1.82, 2.24) is 0 Å². The molecular weight excluding hydrogens is 303 g/mol. The Kier molecular flexibility index (Phi) is 19.3. The lowest BCUT2D eigenvalue weighted by Gasteiger charge is -2.13. The maximum atomic E-state index is 9.30. The Bertz CT molecular complexity index is 247. The van der Waals surface area contributed by atoms with E-state index in [9.17, 15) is 5.11 Å². The summed E-state index contributed by atoms with van der Waals surface area (Å²) in [6, 6.07) is 0. The van der Waals surface area contributed by atoms with E-state index in [-0.39, 0.29) is 0 Å². The molecule has 22 heavy (non-hydrogen) atoms. The third-order valence-corrected chi connectivity index (χ3v) is 3.69. The van der Waals surface area contributed by atoms with Gasteiger partial charge in [-0.1, -0.05) is 78.1 Å². The van der Waals surface area contributed by atoms with E-state index in [4.69, 9.17) is 19.2 Å². The van der Waals surface area contributed by atoms with E-state index in [2.05, 4.69) is 13.8 Å². The van der Waals surface area contributed by atoms with E-state index in [0.29, 0.717) is 12.5 Å². The van der Waals surface area contributed by atoms with E-state index < -0.39 is 7.82 Å². The second-order valence-corrected chi connectivity index (χ2v) is 6.99. The minimum atomic E-state index is -4.64. The van der Waals surface area contributed by atoms with Crippen molar-refractivity contribution in [2.24, 2.45) is 5.92 Å². The van der Waals surface area contributed by atoms with Crippen LogP contribution in [0.3, 0.4) is 0 Å². The van der Waals surface area contributed by atoms with Crippen molar-refractivity contribution in [3.8, 4) is 0 Å². The molecule has 6 heteroatoms. The SMILES string of the molecule is CCCCCCCCCC(CO)CCCCC.O=P(O)(O)O. The number of hydrogen-bond donors (Lipinski definition) is 4. The summed E-state index contributed by atoms with van der Waals surface area (Å²) >= 11 is 0. The fourth-order valence-electron chi connectivity index (χ4n) is 2.40. The van der Waals surface area contributed by atoms with Gasteiger partial charge in [-0.25, -0.2) is 4.57 Å². The molecule has 136 valence electrons. The predicted octanol–water partition coefficient (Wildman–Crippen LogP) is 4.39. The Balaban J connectivity index is 0. The van der Waals surface area contributed by atoms with Gasteiger partial charge in [0.2, 0.25) is 0 Å². The fourth-order valence-corrected chi connectivity index (χ4v) is 2.40. The molecular formula is C16H37O5P. The van der Waals surface area contributed by atoms with Crippen molar-refractivity contribution >= 4 is 7.82 Å². The standard InChI is InChI=1S/C16H34O.H3O4P/c1-3-5-7-8-9-10-12-14-16(15-17)13-11-6-4-2;1-5(2,3)4/h16-17H,3-15H2,1-2H3;(H3,1,2,3,4). The highest BCUT2D eigenvalue weighted by Crippen LogP contribution is 2.25. The summed E-state index contributed by atoms with van der Waals surface area (Å²) in [4.78, 5) is 21.6. The van der Waals surface area contributed by atoms with E-state index in [0.717, 1.165) is 0 Å². The molecule has 0 aliphatic carbocycles. The first-order valence-electron chi connectivity index (χ1n) is 8.74. The number of unbranched alkanes of at least 4 members (excludes halogenated alkanes) is 8. The molecule has 0 aliphatic heterocycles. The van der Waals surface area contributed by atoms with Gasteiger partial charge < -0.3 is 19.8 Å². The molecule has 0 bridgehead atoms. The summed E-state index contributed by atoms with van der Waals surface area (Å²) in [5.74, 6) is 0.581. The topological polar surface area (TPSA) is 98.0 Å². The first kappa shape index (κ1) is 24.3. The van der Waals surface area contributed by atoms with Crippen molar-refractivity contribution in [3.63, 3.8) is 0 Å². The maximum Gasteiger partial charge on any atom is 0.466 e. The van der Waals surface area contributed by atoms with Crippen LogP contribution in [0.25, 0.3) is 0 Å². The summed E-state index contributed by atoms with van der Waals surface area (Å²) in [5, 5.41) is 9.30. The fraction of sp³-hybridized carbons (Fsp3) is 1.00. The zero-order chi connectivity index (χ0) is 17.3. The van der Waals surface area contributed by atoms with Crippen LogP contribution in [-0.2, 0) is 4.57 Å². The van der Waals surface area contributed by atoms with Gasteiger partial charge in [-0.3, -0.25) is 0 Å². The van der Waals surface area contributed by atoms with Crippen molar-refractivity contribution in [2.45, 2.75) is 90.9 Å². The average Bonchev–Trinajstić information content (AvgIpc) is 2.42. The highest BCUT2D eigenvalue weighted by atomic mass is 31.2. The zero-order valence-corrected chi connectivity index (χ0v) is 15.3. The molecule has 0 aromatic heterocycles. The minimum Gasteiger partial charge on any atom is -0.396 e. The van der Waals surface area contributed by atoms with Gasteiger partial charge in [0.15, 0.2) is 0 Å². The zero-order valence-electron chi connectivity index (χ0n) is 14.4. The van der Waals surface area contributed by atoms with Crippen LogP contribution in [-0.4, -0.2) is 26.4 Å². The molecule has 1 unspecified atom stereocenters. The van der Waals surface area contributed by atoms with Crippen LogP contribution in [0.4, 0.5) is 0 Å². The summed E-state index contributed by atoms with van der Waals surface area (Å²) < 4.78 is 8.88. The molecule has 4 N–H and O–H groups in total. The molecule has 0 amide bonds. The van der Waals surface area contributed by atoms with Crippen LogP contribution in [0, 0.1) is 5.92 Å². The van der Waals surface area contributed by atoms with Gasteiger partial charge in [0.1, 0.15) is 0 Å². The van der Waals surface area contributed by atoms with Gasteiger partial charge in [0, 0.05) is 6.61 Å². The van der Waals surface area contributed by atoms with Gasteiger partial charge in [-0.05, 0) is 18.8 Å². The van der Waals surface area contributed by atoms with E-state index in [1.54, 1.807) is 0 Å². The monoisotopic (exact) mass is 340 g/mol. The van der Waals surface area contributed by atoms with Crippen molar-refractivity contribution in [3.05, 3.63) is 0 Å². The second-order valence-electron chi connectivity index (χ2n) is 5.97. The first-order valence-corrected chi connectivity index (χ1v) is 10.3. The normalized spacial score (nSPS) is 12.6. The lowest BCUT2D eigenvalue weighted by Crippen LogP contribution is -2.05. The summed E-state index contributed by atoms with van der Waals surface area (Å²) in [6.45, 7) is 4.91. The van der Waals surface area contributed by atoms with Gasteiger partial charge in [-0.2, -0.15) is 0 Å². The molecule has 0 spiro atoms. The van der Waals surface area contributed by atoms with Crippen molar-refractivity contribution < 1.29 is 24.4 Å². The molecule has 5 nitrogen and oxygen atoms in total. The van der Waals surface area contributed by atoms with Crippen LogP contribution in [0.2, 0.25) is 0 Å². The predicted molar refractivity (Wildman–Crippen MR) is 91.6 cm³/mol. The molecule has 0 heterocycles. The summed E-state index contributed by atoms with van der Waals surface area (Å²) in [5.41, 5.74) is 0. The molecule has 0 aliphatic rings. The summed E-state index contributed by atoms with van der Waals surface area (Å²) in [6.07, 6.45) is 16.0.